The SMILES string of the molecule is COc1cccc(-c2nc(COC(=O)CCNC(=O)OC(C)(C)C)cs2)c1OC. The van der Waals surface area contributed by atoms with Gasteiger partial charge in [-0.05, 0) is 32.9 Å². The van der Waals surface area contributed by atoms with Gasteiger partial charge in [0.25, 0.3) is 0 Å². The molecule has 0 spiro atoms. The molecule has 29 heavy (non-hydrogen) atoms. The summed E-state index contributed by atoms with van der Waals surface area (Å²) in [6, 6.07) is 5.55. The molecule has 0 saturated carbocycles. The molecule has 0 aliphatic carbocycles. The molecule has 0 unspecified atom stereocenters. The van der Waals surface area contributed by atoms with Crippen molar-refractivity contribution in [3.8, 4) is 22.1 Å². The summed E-state index contributed by atoms with van der Waals surface area (Å²) in [6.07, 6.45) is -0.526. The number of alkyl carbamates (subject to hydrolysis) is 1. The maximum atomic E-state index is 11.9. The summed E-state index contributed by atoms with van der Waals surface area (Å²) < 4.78 is 21.1. The minimum atomic E-state index is -0.585. The smallest absolute Gasteiger partial charge is 0.407 e. The zero-order valence-electron chi connectivity index (χ0n) is 17.2. The van der Waals surface area contributed by atoms with Crippen molar-refractivity contribution in [1.29, 1.82) is 0 Å². The molecular weight excluding hydrogens is 396 g/mol. The number of rotatable bonds is 8. The second-order valence-corrected chi connectivity index (χ2v) is 7.88. The number of hydrogen-bond acceptors (Lipinski definition) is 8. The quantitative estimate of drug-likeness (QED) is 0.647. The summed E-state index contributed by atoms with van der Waals surface area (Å²) >= 11 is 1.42. The summed E-state index contributed by atoms with van der Waals surface area (Å²) in [5.74, 6) is 0.779. The summed E-state index contributed by atoms with van der Waals surface area (Å²) in [6.45, 7) is 5.49. The third-order valence-corrected chi connectivity index (χ3v) is 4.49. The van der Waals surface area contributed by atoms with Crippen LogP contribution in [0.3, 0.4) is 0 Å². The lowest BCUT2D eigenvalue weighted by atomic mass is 10.2. The van der Waals surface area contributed by atoms with Gasteiger partial charge < -0.3 is 24.3 Å². The summed E-state index contributed by atoms with van der Waals surface area (Å²) in [7, 11) is 3.15. The van der Waals surface area contributed by atoms with Crippen LogP contribution in [0.15, 0.2) is 23.6 Å². The zero-order valence-corrected chi connectivity index (χ0v) is 18.1. The molecule has 0 atom stereocenters. The van der Waals surface area contributed by atoms with E-state index < -0.39 is 17.7 Å². The number of carbonyl (C=O) groups is 2. The lowest BCUT2D eigenvalue weighted by molar-refractivity contribution is -0.144. The summed E-state index contributed by atoms with van der Waals surface area (Å²) in [5.41, 5.74) is 0.845. The number of carbonyl (C=O) groups excluding carboxylic acids is 2. The molecule has 1 heterocycles. The Bertz CT molecular complexity index is 844. The number of aromatic nitrogens is 1. The van der Waals surface area contributed by atoms with Crippen LogP contribution in [0, 0.1) is 0 Å². The van der Waals surface area contributed by atoms with E-state index >= 15 is 0 Å². The first-order chi connectivity index (χ1) is 13.7. The van der Waals surface area contributed by atoms with Gasteiger partial charge in [0.05, 0.1) is 31.9 Å². The van der Waals surface area contributed by atoms with Crippen LogP contribution in [0.25, 0.3) is 10.6 Å². The van der Waals surface area contributed by atoms with Crippen molar-refractivity contribution in [3.05, 3.63) is 29.3 Å². The molecule has 1 aromatic carbocycles. The fraction of sp³-hybridized carbons (Fsp3) is 0.450. The Morgan fingerprint density at radius 3 is 2.59 bits per heavy atom. The number of methoxy groups -OCH3 is 2. The Morgan fingerprint density at radius 2 is 1.93 bits per heavy atom. The minimum Gasteiger partial charge on any atom is -0.493 e. The average Bonchev–Trinajstić information content (AvgIpc) is 3.13. The van der Waals surface area contributed by atoms with Crippen molar-refractivity contribution in [2.75, 3.05) is 20.8 Å². The van der Waals surface area contributed by atoms with Crippen LogP contribution < -0.4 is 14.8 Å². The third-order valence-electron chi connectivity index (χ3n) is 3.56. The normalized spacial score (nSPS) is 10.9. The second-order valence-electron chi connectivity index (χ2n) is 7.02. The molecule has 0 aliphatic rings. The molecule has 0 bridgehead atoms. The van der Waals surface area contributed by atoms with E-state index in [4.69, 9.17) is 18.9 Å². The van der Waals surface area contributed by atoms with Crippen molar-refractivity contribution in [2.24, 2.45) is 0 Å². The number of nitrogens with zero attached hydrogens (tertiary/aromatic N) is 1. The first-order valence-corrected chi connectivity index (χ1v) is 9.89. The number of amides is 1. The number of ether oxygens (including phenoxy) is 4. The molecule has 1 aromatic heterocycles. The number of para-hydroxylation sites is 1. The van der Waals surface area contributed by atoms with Crippen LogP contribution in [0.1, 0.15) is 32.9 Å². The number of nitrogens with one attached hydrogen (secondary N) is 1. The molecule has 1 N–H and O–H groups in total. The highest BCUT2D eigenvalue weighted by Crippen LogP contribution is 2.38. The Morgan fingerprint density at radius 1 is 1.17 bits per heavy atom. The fourth-order valence-corrected chi connectivity index (χ4v) is 3.19. The molecule has 8 nitrogen and oxygen atoms in total. The van der Waals surface area contributed by atoms with Gasteiger partial charge >= 0.3 is 12.1 Å². The monoisotopic (exact) mass is 422 g/mol. The van der Waals surface area contributed by atoms with Crippen LogP contribution in [-0.4, -0.2) is 43.4 Å². The highest BCUT2D eigenvalue weighted by Gasteiger charge is 2.17. The lowest BCUT2D eigenvalue weighted by Gasteiger charge is -2.19. The number of hydrogen-bond donors (Lipinski definition) is 1. The Hall–Kier alpha value is -2.81. The second kappa shape index (κ2) is 10.1. The lowest BCUT2D eigenvalue weighted by Crippen LogP contribution is -2.33. The number of benzene rings is 1. The van der Waals surface area contributed by atoms with Crippen molar-refractivity contribution < 1.29 is 28.5 Å². The maximum absolute atomic E-state index is 11.9. The van der Waals surface area contributed by atoms with E-state index in [1.54, 1.807) is 35.0 Å². The predicted molar refractivity (Wildman–Crippen MR) is 109 cm³/mol. The van der Waals surface area contributed by atoms with Gasteiger partial charge in [0.1, 0.15) is 17.2 Å². The van der Waals surface area contributed by atoms with Gasteiger partial charge in [0.15, 0.2) is 11.5 Å². The van der Waals surface area contributed by atoms with E-state index in [9.17, 15) is 9.59 Å². The molecule has 158 valence electrons. The van der Waals surface area contributed by atoms with E-state index in [0.29, 0.717) is 17.2 Å². The molecular formula is C20H26N2O6S. The average molecular weight is 423 g/mol. The van der Waals surface area contributed by atoms with E-state index in [-0.39, 0.29) is 19.6 Å². The molecule has 2 rings (SSSR count). The van der Waals surface area contributed by atoms with E-state index in [1.165, 1.54) is 11.3 Å². The van der Waals surface area contributed by atoms with Crippen LogP contribution in [0.4, 0.5) is 4.79 Å². The first kappa shape index (κ1) is 22.5. The molecule has 0 fully saturated rings. The number of thiazole rings is 1. The third kappa shape index (κ3) is 6.94. The Kier molecular flexibility index (Phi) is 7.83. The zero-order chi connectivity index (χ0) is 21.4. The van der Waals surface area contributed by atoms with Crippen molar-refractivity contribution in [1.82, 2.24) is 10.3 Å². The maximum Gasteiger partial charge on any atom is 0.407 e. The van der Waals surface area contributed by atoms with Gasteiger partial charge in [-0.25, -0.2) is 9.78 Å². The summed E-state index contributed by atoms with van der Waals surface area (Å²) in [5, 5.41) is 5.07. The largest absolute Gasteiger partial charge is 0.493 e. The molecule has 9 heteroatoms. The van der Waals surface area contributed by atoms with E-state index in [2.05, 4.69) is 10.3 Å². The predicted octanol–water partition coefficient (Wildman–Crippen LogP) is 3.79. The van der Waals surface area contributed by atoms with Crippen molar-refractivity contribution in [2.45, 2.75) is 39.4 Å². The molecule has 0 saturated heterocycles. The molecule has 0 aliphatic heterocycles. The fourth-order valence-electron chi connectivity index (χ4n) is 2.36. The van der Waals surface area contributed by atoms with Gasteiger partial charge in [-0.1, -0.05) is 6.07 Å². The van der Waals surface area contributed by atoms with Gasteiger partial charge in [0.2, 0.25) is 0 Å². The molecule has 1 amide bonds. The first-order valence-electron chi connectivity index (χ1n) is 9.01. The topological polar surface area (TPSA) is 96.0 Å². The number of esters is 1. The van der Waals surface area contributed by atoms with Crippen molar-refractivity contribution in [3.63, 3.8) is 0 Å². The standard InChI is InChI=1S/C20H26N2O6S/c1-20(2,3)28-19(24)21-10-9-16(23)27-11-13-12-29-18(22-13)14-7-6-8-15(25-4)17(14)26-5/h6-8,12H,9-11H2,1-5H3,(H,21,24). The van der Waals surface area contributed by atoms with Gasteiger partial charge in [-0.2, -0.15) is 0 Å². The minimum absolute atomic E-state index is 0.0416. The molecule has 2 aromatic rings. The highest BCUT2D eigenvalue weighted by molar-refractivity contribution is 7.13. The van der Waals surface area contributed by atoms with Crippen LogP contribution in [0.5, 0.6) is 11.5 Å². The highest BCUT2D eigenvalue weighted by atomic mass is 32.1. The van der Waals surface area contributed by atoms with E-state index in [1.807, 2.05) is 23.6 Å². The van der Waals surface area contributed by atoms with Crippen molar-refractivity contribution >= 4 is 23.4 Å². The Labute approximate surface area is 174 Å². The molecule has 0 radical (unpaired) electrons. The van der Waals surface area contributed by atoms with Crippen LogP contribution >= 0.6 is 11.3 Å². The van der Waals surface area contributed by atoms with Crippen LogP contribution in [-0.2, 0) is 20.9 Å². The summed E-state index contributed by atoms with van der Waals surface area (Å²) in [4.78, 5) is 27.9. The van der Waals surface area contributed by atoms with Gasteiger partial charge in [-0.15, -0.1) is 11.3 Å². The van der Waals surface area contributed by atoms with E-state index in [0.717, 1.165) is 10.6 Å². The van der Waals surface area contributed by atoms with Crippen LogP contribution in [0.2, 0.25) is 0 Å². The Balaban J connectivity index is 1.85. The van der Waals surface area contributed by atoms with Gasteiger partial charge in [0, 0.05) is 11.9 Å². The van der Waals surface area contributed by atoms with Gasteiger partial charge in [-0.3, -0.25) is 4.79 Å².